The molecule has 1 aliphatic heterocycles. The molecule has 524 valence electrons. The lowest BCUT2D eigenvalue weighted by molar-refractivity contribution is -0.302. The molecule has 1 heterocycles. The lowest BCUT2D eigenvalue weighted by atomic mass is 9.99. The Morgan fingerprint density at radius 3 is 1.07 bits per heavy atom. The summed E-state index contributed by atoms with van der Waals surface area (Å²) in [5, 5.41) is 54.9. The van der Waals surface area contributed by atoms with E-state index in [1.54, 1.807) is 6.08 Å². The van der Waals surface area contributed by atoms with E-state index in [9.17, 15) is 30.3 Å². The van der Waals surface area contributed by atoms with Crippen LogP contribution < -0.4 is 5.32 Å². The standard InChI is InChI=1S/C81H147NO8/c1-3-5-7-9-11-13-15-17-19-21-23-25-27-29-31-33-35-36-37-38-39-40-41-43-45-47-49-51-53-55-57-59-61-63-65-67-69-71-77(85)82-74(73-89-81-80(88)79(87)78(86)76(72-83)90-81)75(84)70-68-66-64-62-60-58-56-54-52-50-48-46-44-42-34-32-30-28-26-24-22-20-18-16-14-12-10-8-6-4-2/h5,7,11,13,17,19,23,25,29,31,60,62,68,70,74-76,78-81,83-84,86-88H,3-4,6,8-10,12,14-16,18,20-22,24,26-28,30,32-59,61,63-67,69,71-73H2,1-2H3,(H,82,85)/b7-5-,13-11-,19-17-,25-23-,31-29-,62-60+,70-68+. The molecule has 0 aliphatic carbocycles. The van der Waals surface area contributed by atoms with Gasteiger partial charge in [0.05, 0.1) is 25.4 Å². The van der Waals surface area contributed by atoms with Crippen LogP contribution in [0.3, 0.4) is 0 Å². The second kappa shape index (κ2) is 69.2. The van der Waals surface area contributed by atoms with Gasteiger partial charge in [-0.25, -0.2) is 0 Å². The van der Waals surface area contributed by atoms with Crippen molar-refractivity contribution in [3.63, 3.8) is 0 Å². The molecule has 1 aliphatic rings. The van der Waals surface area contributed by atoms with E-state index in [-0.39, 0.29) is 12.5 Å². The minimum atomic E-state index is -1.58. The van der Waals surface area contributed by atoms with E-state index in [1.165, 1.54) is 276 Å². The van der Waals surface area contributed by atoms with Crippen molar-refractivity contribution in [2.45, 2.75) is 410 Å². The van der Waals surface area contributed by atoms with E-state index in [2.05, 4.69) is 92.1 Å². The number of nitrogens with one attached hydrogen (secondary N) is 1. The molecule has 7 unspecified atom stereocenters. The average molecular weight is 1260 g/mol. The molecular weight excluding hydrogens is 1110 g/mol. The van der Waals surface area contributed by atoms with Crippen LogP contribution in [-0.2, 0) is 14.3 Å². The Kier molecular flexibility index (Phi) is 65.7. The highest BCUT2D eigenvalue weighted by Crippen LogP contribution is 2.24. The van der Waals surface area contributed by atoms with Crippen LogP contribution in [0.15, 0.2) is 85.1 Å². The second-order valence-electron chi connectivity index (χ2n) is 26.8. The molecule has 6 N–H and O–H groups in total. The lowest BCUT2D eigenvalue weighted by Gasteiger charge is -2.40. The van der Waals surface area contributed by atoms with Gasteiger partial charge in [0, 0.05) is 6.42 Å². The molecule has 0 spiro atoms. The van der Waals surface area contributed by atoms with Crippen LogP contribution in [0.25, 0.3) is 0 Å². The molecule has 0 aromatic rings. The van der Waals surface area contributed by atoms with Crippen molar-refractivity contribution in [3.05, 3.63) is 85.1 Å². The molecule has 7 atom stereocenters. The summed E-state index contributed by atoms with van der Waals surface area (Å²) in [6.07, 6.45) is 93.0. The zero-order chi connectivity index (χ0) is 64.9. The zero-order valence-electron chi connectivity index (χ0n) is 58.9. The highest BCUT2D eigenvalue weighted by Gasteiger charge is 2.44. The van der Waals surface area contributed by atoms with Crippen LogP contribution in [0.5, 0.6) is 0 Å². The highest BCUT2D eigenvalue weighted by molar-refractivity contribution is 5.76. The number of amides is 1. The summed E-state index contributed by atoms with van der Waals surface area (Å²) >= 11 is 0. The topological polar surface area (TPSA) is 149 Å². The van der Waals surface area contributed by atoms with E-state index < -0.39 is 49.5 Å². The Bertz CT molecular complexity index is 1700. The van der Waals surface area contributed by atoms with Gasteiger partial charge in [0.1, 0.15) is 24.4 Å². The van der Waals surface area contributed by atoms with Gasteiger partial charge in [0.15, 0.2) is 6.29 Å². The predicted octanol–water partition coefficient (Wildman–Crippen LogP) is 22.0. The maximum absolute atomic E-state index is 13.2. The Hall–Kier alpha value is -2.63. The minimum absolute atomic E-state index is 0.181. The maximum Gasteiger partial charge on any atom is 0.220 e. The van der Waals surface area contributed by atoms with E-state index in [4.69, 9.17) is 9.47 Å². The number of carbonyl (C=O) groups excluding carboxylic acids is 1. The summed E-state index contributed by atoms with van der Waals surface area (Å²) in [4.78, 5) is 13.2. The van der Waals surface area contributed by atoms with Gasteiger partial charge in [-0.2, -0.15) is 0 Å². The molecule has 1 amide bonds. The van der Waals surface area contributed by atoms with Gasteiger partial charge in [0.25, 0.3) is 0 Å². The average Bonchev–Trinajstić information content (AvgIpc) is 1.28. The first-order valence-electron chi connectivity index (χ1n) is 38.8. The van der Waals surface area contributed by atoms with E-state index in [0.29, 0.717) is 6.42 Å². The van der Waals surface area contributed by atoms with Gasteiger partial charge in [-0.3, -0.25) is 4.79 Å². The number of allylic oxidation sites excluding steroid dienone is 13. The molecular formula is C81H147NO8. The monoisotopic (exact) mass is 1260 g/mol. The Balaban J connectivity index is 2.09. The molecule has 9 heteroatoms. The van der Waals surface area contributed by atoms with Crippen molar-refractivity contribution < 1.29 is 39.8 Å². The number of aliphatic hydroxyl groups excluding tert-OH is 5. The van der Waals surface area contributed by atoms with Crippen molar-refractivity contribution in [3.8, 4) is 0 Å². The molecule has 0 radical (unpaired) electrons. The maximum atomic E-state index is 13.2. The third-order valence-electron chi connectivity index (χ3n) is 18.2. The summed E-state index contributed by atoms with van der Waals surface area (Å²) in [5.41, 5.74) is 0. The number of aliphatic hydroxyl groups is 5. The Labute approximate surface area is 556 Å². The van der Waals surface area contributed by atoms with E-state index in [0.717, 1.165) is 70.6 Å². The number of hydrogen-bond donors (Lipinski definition) is 6. The van der Waals surface area contributed by atoms with Gasteiger partial charge >= 0.3 is 0 Å². The van der Waals surface area contributed by atoms with Gasteiger partial charge in [0.2, 0.25) is 5.91 Å². The number of hydrogen-bond acceptors (Lipinski definition) is 8. The fourth-order valence-corrected chi connectivity index (χ4v) is 12.2. The van der Waals surface area contributed by atoms with Crippen molar-refractivity contribution in [2.75, 3.05) is 13.2 Å². The van der Waals surface area contributed by atoms with Crippen LogP contribution in [0.4, 0.5) is 0 Å². The van der Waals surface area contributed by atoms with Gasteiger partial charge in [-0.15, -0.1) is 0 Å². The SMILES string of the molecule is CC/C=C\C/C=C\C/C=C\C/C=C\C/C=C\CCCCCCCCCCCCCCCCCCCCCCCC(=O)NC(COC1OC(CO)C(O)C(O)C1O)C(O)/C=C/CC/C=C/CCCCCCCCCCCCCCCCCCCCCCCCCC. The molecule has 1 fully saturated rings. The van der Waals surface area contributed by atoms with Crippen molar-refractivity contribution in [1.82, 2.24) is 5.32 Å². The number of carbonyl (C=O) groups is 1. The van der Waals surface area contributed by atoms with Crippen LogP contribution in [0.1, 0.15) is 367 Å². The first-order chi connectivity index (χ1) is 44.3. The molecule has 1 saturated heterocycles. The van der Waals surface area contributed by atoms with Crippen molar-refractivity contribution in [2.24, 2.45) is 0 Å². The van der Waals surface area contributed by atoms with Gasteiger partial charge in [-0.05, 0) is 77.0 Å². The third kappa shape index (κ3) is 56.9. The summed E-state index contributed by atoms with van der Waals surface area (Å²) in [6.45, 7) is 3.70. The summed E-state index contributed by atoms with van der Waals surface area (Å²) in [5.74, 6) is -0.181. The van der Waals surface area contributed by atoms with Gasteiger partial charge < -0.3 is 40.3 Å². The summed E-state index contributed by atoms with van der Waals surface area (Å²) in [6, 6.07) is -0.826. The zero-order valence-corrected chi connectivity index (χ0v) is 58.9. The van der Waals surface area contributed by atoms with Crippen LogP contribution in [-0.4, -0.2) is 87.5 Å². The van der Waals surface area contributed by atoms with Gasteiger partial charge in [-0.1, -0.05) is 369 Å². The third-order valence-corrected chi connectivity index (χ3v) is 18.2. The normalized spacial score (nSPS) is 18.2. The second-order valence-corrected chi connectivity index (χ2v) is 26.8. The lowest BCUT2D eigenvalue weighted by Crippen LogP contribution is -2.60. The molecule has 0 aromatic carbocycles. The molecule has 0 saturated carbocycles. The number of rotatable bonds is 68. The van der Waals surface area contributed by atoms with Crippen molar-refractivity contribution in [1.29, 1.82) is 0 Å². The number of unbranched alkanes of at least 4 members (excludes halogenated alkanes) is 46. The summed E-state index contributed by atoms with van der Waals surface area (Å²) in [7, 11) is 0. The van der Waals surface area contributed by atoms with Crippen molar-refractivity contribution >= 4 is 5.91 Å². The van der Waals surface area contributed by atoms with Crippen LogP contribution in [0.2, 0.25) is 0 Å². The fourth-order valence-electron chi connectivity index (χ4n) is 12.2. The van der Waals surface area contributed by atoms with E-state index in [1.807, 2.05) is 6.08 Å². The predicted molar refractivity (Wildman–Crippen MR) is 387 cm³/mol. The summed E-state index contributed by atoms with van der Waals surface area (Å²) < 4.78 is 11.3. The fraction of sp³-hybridized carbons (Fsp3) is 0.815. The first-order valence-corrected chi connectivity index (χ1v) is 38.8. The molecule has 0 aromatic heterocycles. The number of ether oxygens (including phenoxy) is 2. The minimum Gasteiger partial charge on any atom is -0.394 e. The van der Waals surface area contributed by atoms with Crippen LogP contribution >= 0.6 is 0 Å². The molecule has 9 nitrogen and oxygen atoms in total. The Morgan fingerprint density at radius 2 is 0.700 bits per heavy atom. The van der Waals surface area contributed by atoms with Crippen LogP contribution in [0, 0.1) is 0 Å². The quantitative estimate of drug-likeness (QED) is 0.0261. The smallest absolute Gasteiger partial charge is 0.220 e. The Morgan fingerprint density at radius 1 is 0.389 bits per heavy atom. The highest BCUT2D eigenvalue weighted by atomic mass is 16.7. The van der Waals surface area contributed by atoms with E-state index >= 15 is 0 Å². The molecule has 1 rings (SSSR count). The first kappa shape index (κ1) is 85.4. The molecule has 0 bridgehead atoms. The molecule has 90 heavy (non-hydrogen) atoms. The largest absolute Gasteiger partial charge is 0.394 e.